The Kier molecular flexibility index (Phi) is 4.61. The molecule has 0 amide bonds. The summed E-state index contributed by atoms with van der Waals surface area (Å²) in [7, 11) is 4.08. The van der Waals surface area contributed by atoms with Gasteiger partial charge in [0, 0.05) is 32.0 Å². The Bertz CT molecular complexity index is 527. The van der Waals surface area contributed by atoms with Crippen molar-refractivity contribution in [1.82, 2.24) is 14.8 Å². The van der Waals surface area contributed by atoms with Crippen LogP contribution in [0.4, 0.5) is 11.4 Å². The highest BCUT2D eigenvalue weighted by atomic mass is 15.3. The standard InChI is InChI=1S/C15H23N5/c1-12(2)10-20-15(17-11-18-20)9-16-13-5-7-14(8-6-13)19(3)4/h5-8,11-12,16H,9-10H2,1-4H3. The van der Waals surface area contributed by atoms with Crippen LogP contribution in [0.25, 0.3) is 0 Å². The highest BCUT2D eigenvalue weighted by Crippen LogP contribution is 2.16. The van der Waals surface area contributed by atoms with Crippen molar-refractivity contribution in [3.63, 3.8) is 0 Å². The van der Waals surface area contributed by atoms with Gasteiger partial charge in [0.1, 0.15) is 12.2 Å². The maximum atomic E-state index is 4.31. The summed E-state index contributed by atoms with van der Waals surface area (Å²) in [5.41, 5.74) is 2.29. The first-order valence-electron chi connectivity index (χ1n) is 6.94. The highest BCUT2D eigenvalue weighted by Gasteiger charge is 2.06. The van der Waals surface area contributed by atoms with Crippen molar-refractivity contribution < 1.29 is 0 Å². The van der Waals surface area contributed by atoms with Gasteiger partial charge in [0.05, 0.1) is 6.54 Å². The van der Waals surface area contributed by atoms with E-state index in [0.29, 0.717) is 12.5 Å². The van der Waals surface area contributed by atoms with Crippen molar-refractivity contribution >= 4 is 11.4 Å². The molecule has 0 spiro atoms. The summed E-state index contributed by atoms with van der Waals surface area (Å²) in [6, 6.07) is 8.36. The number of anilines is 2. The molecule has 0 saturated heterocycles. The van der Waals surface area contributed by atoms with E-state index in [9.17, 15) is 0 Å². The summed E-state index contributed by atoms with van der Waals surface area (Å²) in [5.74, 6) is 1.53. The third kappa shape index (κ3) is 3.73. The average molecular weight is 273 g/mol. The first-order valence-corrected chi connectivity index (χ1v) is 6.94. The second-order valence-corrected chi connectivity index (χ2v) is 5.55. The summed E-state index contributed by atoms with van der Waals surface area (Å²) in [6.07, 6.45) is 1.62. The molecule has 0 fully saturated rings. The molecule has 5 nitrogen and oxygen atoms in total. The van der Waals surface area contributed by atoms with Crippen molar-refractivity contribution in [3.8, 4) is 0 Å². The van der Waals surface area contributed by atoms with Crippen LogP contribution in [0, 0.1) is 5.92 Å². The normalized spacial score (nSPS) is 10.8. The molecule has 0 bridgehead atoms. The molecule has 2 aromatic rings. The third-order valence-electron chi connectivity index (χ3n) is 3.07. The van der Waals surface area contributed by atoms with Gasteiger partial charge in [-0.1, -0.05) is 13.8 Å². The molecular weight excluding hydrogens is 250 g/mol. The summed E-state index contributed by atoms with van der Waals surface area (Å²) in [4.78, 5) is 6.40. The molecule has 108 valence electrons. The molecule has 0 atom stereocenters. The zero-order valence-electron chi connectivity index (χ0n) is 12.7. The van der Waals surface area contributed by atoms with Crippen molar-refractivity contribution in [3.05, 3.63) is 36.4 Å². The van der Waals surface area contributed by atoms with Crippen molar-refractivity contribution in [2.24, 2.45) is 5.92 Å². The lowest BCUT2D eigenvalue weighted by molar-refractivity contribution is 0.468. The van der Waals surface area contributed by atoms with Crippen molar-refractivity contribution in [2.75, 3.05) is 24.3 Å². The smallest absolute Gasteiger partial charge is 0.146 e. The van der Waals surface area contributed by atoms with Crippen molar-refractivity contribution in [2.45, 2.75) is 26.9 Å². The highest BCUT2D eigenvalue weighted by molar-refractivity contribution is 5.54. The molecule has 5 heteroatoms. The first-order chi connectivity index (χ1) is 9.56. The van der Waals surface area contributed by atoms with Gasteiger partial charge in [0.2, 0.25) is 0 Å². The predicted octanol–water partition coefficient (Wildman–Crippen LogP) is 2.61. The molecular formula is C15H23N5. The van der Waals surface area contributed by atoms with Gasteiger partial charge in [-0.05, 0) is 30.2 Å². The zero-order valence-corrected chi connectivity index (χ0v) is 12.7. The lowest BCUT2D eigenvalue weighted by atomic mass is 10.2. The fourth-order valence-electron chi connectivity index (χ4n) is 1.98. The van der Waals surface area contributed by atoms with Crippen molar-refractivity contribution in [1.29, 1.82) is 0 Å². The molecule has 0 unspecified atom stereocenters. The molecule has 1 aromatic carbocycles. The van der Waals surface area contributed by atoms with E-state index in [2.05, 4.69) is 58.4 Å². The van der Waals surface area contributed by atoms with E-state index in [-0.39, 0.29) is 0 Å². The van der Waals surface area contributed by atoms with E-state index >= 15 is 0 Å². The van der Waals surface area contributed by atoms with Crippen LogP contribution < -0.4 is 10.2 Å². The van der Waals surface area contributed by atoms with Gasteiger partial charge in [-0.2, -0.15) is 5.10 Å². The molecule has 20 heavy (non-hydrogen) atoms. The largest absolute Gasteiger partial charge is 0.378 e. The van der Waals surface area contributed by atoms with Gasteiger partial charge in [-0.3, -0.25) is 0 Å². The monoisotopic (exact) mass is 273 g/mol. The maximum absolute atomic E-state index is 4.31. The Hall–Kier alpha value is -2.04. The zero-order chi connectivity index (χ0) is 14.5. The SMILES string of the molecule is CC(C)Cn1ncnc1CNc1ccc(N(C)C)cc1. The van der Waals surface area contributed by atoms with Crippen LogP contribution in [-0.4, -0.2) is 28.9 Å². The molecule has 0 aliphatic carbocycles. The molecule has 0 aliphatic rings. The summed E-state index contributed by atoms with van der Waals surface area (Å²) >= 11 is 0. The fraction of sp³-hybridized carbons (Fsp3) is 0.467. The van der Waals surface area contributed by atoms with E-state index in [4.69, 9.17) is 0 Å². The van der Waals surface area contributed by atoms with Gasteiger partial charge in [0.15, 0.2) is 0 Å². The number of benzene rings is 1. The minimum absolute atomic E-state index is 0.565. The molecule has 1 aromatic heterocycles. The Morgan fingerprint density at radius 1 is 1.20 bits per heavy atom. The average Bonchev–Trinajstić information content (AvgIpc) is 2.83. The van der Waals surface area contributed by atoms with Crippen LogP contribution in [0.2, 0.25) is 0 Å². The van der Waals surface area contributed by atoms with E-state index in [0.717, 1.165) is 18.1 Å². The van der Waals surface area contributed by atoms with E-state index in [1.807, 2.05) is 18.8 Å². The predicted molar refractivity (Wildman–Crippen MR) is 83.0 cm³/mol. The summed E-state index contributed by atoms with van der Waals surface area (Å²) in [5, 5.41) is 7.65. The maximum Gasteiger partial charge on any atom is 0.146 e. The number of nitrogens with one attached hydrogen (secondary N) is 1. The first kappa shape index (κ1) is 14.4. The van der Waals surface area contributed by atoms with Gasteiger partial charge in [0.25, 0.3) is 0 Å². The summed E-state index contributed by atoms with van der Waals surface area (Å²) in [6.45, 7) is 5.95. The number of hydrogen-bond donors (Lipinski definition) is 1. The van der Waals surface area contributed by atoms with E-state index in [1.165, 1.54) is 5.69 Å². The van der Waals surface area contributed by atoms with Crippen LogP contribution in [-0.2, 0) is 13.1 Å². The quantitative estimate of drug-likeness (QED) is 0.879. The number of rotatable bonds is 6. The van der Waals surface area contributed by atoms with E-state index < -0.39 is 0 Å². The number of hydrogen-bond acceptors (Lipinski definition) is 4. The third-order valence-corrected chi connectivity index (χ3v) is 3.07. The lowest BCUT2D eigenvalue weighted by Crippen LogP contribution is -2.13. The molecule has 1 N–H and O–H groups in total. The second-order valence-electron chi connectivity index (χ2n) is 5.55. The minimum atomic E-state index is 0.565. The number of nitrogens with zero attached hydrogens (tertiary/aromatic N) is 4. The molecule has 0 radical (unpaired) electrons. The molecule has 0 aliphatic heterocycles. The molecule has 0 saturated carbocycles. The Labute approximate surface area is 120 Å². The van der Waals surface area contributed by atoms with Gasteiger partial charge in [-0.25, -0.2) is 9.67 Å². The molecule has 2 rings (SSSR count). The van der Waals surface area contributed by atoms with Crippen LogP contribution in [0.15, 0.2) is 30.6 Å². The fourth-order valence-corrected chi connectivity index (χ4v) is 1.98. The van der Waals surface area contributed by atoms with Gasteiger partial charge < -0.3 is 10.2 Å². The summed E-state index contributed by atoms with van der Waals surface area (Å²) < 4.78 is 1.96. The molecule has 1 heterocycles. The Balaban J connectivity index is 1.96. The van der Waals surface area contributed by atoms with Crippen LogP contribution in [0.1, 0.15) is 19.7 Å². The second kappa shape index (κ2) is 6.41. The Morgan fingerprint density at radius 2 is 1.90 bits per heavy atom. The topological polar surface area (TPSA) is 46.0 Å². The van der Waals surface area contributed by atoms with Gasteiger partial charge in [-0.15, -0.1) is 0 Å². The van der Waals surface area contributed by atoms with Crippen LogP contribution in [0.3, 0.4) is 0 Å². The van der Waals surface area contributed by atoms with Crippen LogP contribution in [0.5, 0.6) is 0 Å². The van der Waals surface area contributed by atoms with E-state index in [1.54, 1.807) is 6.33 Å². The lowest BCUT2D eigenvalue weighted by Gasteiger charge is -2.13. The van der Waals surface area contributed by atoms with Gasteiger partial charge >= 0.3 is 0 Å². The Morgan fingerprint density at radius 3 is 2.50 bits per heavy atom. The number of aromatic nitrogens is 3. The minimum Gasteiger partial charge on any atom is -0.378 e. The van der Waals surface area contributed by atoms with Crippen LogP contribution >= 0.6 is 0 Å².